The van der Waals surface area contributed by atoms with Crippen molar-refractivity contribution in [2.24, 2.45) is 0 Å². The number of benzene rings is 1. The first-order chi connectivity index (χ1) is 9.00. The molecular formula is C12H17Cl3N2O2S. The van der Waals surface area contributed by atoms with Crippen molar-refractivity contribution in [1.29, 1.82) is 0 Å². The van der Waals surface area contributed by atoms with Gasteiger partial charge in [-0.3, -0.25) is 0 Å². The number of rotatable bonds is 5. The zero-order valence-electron chi connectivity index (χ0n) is 10.7. The molecule has 20 heavy (non-hydrogen) atoms. The fraction of sp³-hybridized carbons (Fsp3) is 0.500. The Morgan fingerprint density at radius 2 is 1.95 bits per heavy atom. The van der Waals surface area contributed by atoms with Gasteiger partial charge in [0.25, 0.3) is 0 Å². The van der Waals surface area contributed by atoms with Crippen LogP contribution in [0.4, 0.5) is 0 Å². The fourth-order valence-electron chi connectivity index (χ4n) is 2.18. The van der Waals surface area contributed by atoms with Crippen molar-refractivity contribution in [3.05, 3.63) is 28.2 Å². The van der Waals surface area contributed by atoms with Crippen LogP contribution in [0.15, 0.2) is 23.1 Å². The van der Waals surface area contributed by atoms with Crippen molar-refractivity contribution in [3.8, 4) is 0 Å². The van der Waals surface area contributed by atoms with E-state index >= 15 is 0 Å². The highest BCUT2D eigenvalue weighted by atomic mass is 35.5. The third-order valence-electron chi connectivity index (χ3n) is 3.13. The molecule has 1 aliphatic heterocycles. The van der Waals surface area contributed by atoms with Crippen LogP contribution in [-0.4, -0.2) is 27.5 Å². The first kappa shape index (κ1) is 18.0. The van der Waals surface area contributed by atoms with E-state index in [1.165, 1.54) is 12.1 Å². The summed E-state index contributed by atoms with van der Waals surface area (Å²) >= 11 is 11.8. The van der Waals surface area contributed by atoms with Gasteiger partial charge in [-0.25, -0.2) is 13.1 Å². The summed E-state index contributed by atoms with van der Waals surface area (Å²) in [6.07, 6.45) is 3.00. The summed E-state index contributed by atoms with van der Waals surface area (Å²) in [5.74, 6) is 0. The lowest BCUT2D eigenvalue weighted by atomic mass is 10.2. The van der Waals surface area contributed by atoms with Crippen LogP contribution in [-0.2, 0) is 10.0 Å². The molecule has 0 saturated carbocycles. The van der Waals surface area contributed by atoms with Crippen molar-refractivity contribution in [2.45, 2.75) is 30.2 Å². The minimum Gasteiger partial charge on any atom is -0.314 e. The summed E-state index contributed by atoms with van der Waals surface area (Å²) in [5, 5.41) is 3.59. The molecule has 0 radical (unpaired) electrons. The summed E-state index contributed by atoms with van der Waals surface area (Å²) < 4.78 is 26.8. The SMILES string of the molecule is Cl.O=S(=O)(NCC[C@H]1CCCN1)c1c(Cl)cccc1Cl. The van der Waals surface area contributed by atoms with Crippen molar-refractivity contribution >= 4 is 45.6 Å². The monoisotopic (exact) mass is 358 g/mol. The number of hydrogen-bond acceptors (Lipinski definition) is 3. The standard InChI is InChI=1S/C12H16Cl2N2O2S.ClH/c13-10-4-1-5-11(14)12(10)19(17,18)16-8-6-9-3-2-7-15-9;/h1,4-5,9,15-16H,2-3,6-8H2;1H/t9-;/m1./s1. The number of hydrogen-bond donors (Lipinski definition) is 2. The molecule has 0 unspecified atom stereocenters. The molecule has 1 fully saturated rings. The Bertz CT molecular complexity index is 525. The zero-order valence-corrected chi connectivity index (χ0v) is 13.9. The summed E-state index contributed by atoms with van der Waals surface area (Å²) in [4.78, 5) is -0.0438. The van der Waals surface area contributed by atoms with Crippen molar-refractivity contribution in [2.75, 3.05) is 13.1 Å². The normalized spacial score (nSPS) is 18.8. The number of halogens is 3. The van der Waals surface area contributed by atoms with Gasteiger partial charge in [0.05, 0.1) is 10.0 Å². The maximum Gasteiger partial charge on any atom is 0.243 e. The van der Waals surface area contributed by atoms with E-state index in [4.69, 9.17) is 23.2 Å². The van der Waals surface area contributed by atoms with Crippen molar-refractivity contribution < 1.29 is 8.42 Å². The molecule has 1 aliphatic rings. The van der Waals surface area contributed by atoms with E-state index < -0.39 is 10.0 Å². The second kappa shape index (κ2) is 7.82. The van der Waals surface area contributed by atoms with Gasteiger partial charge >= 0.3 is 0 Å². The summed E-state index contributed by atoms with van der Waals surface area (Å²) in [7, 11) is -3.65. The molecule has 114 valence electrons. The van der Waals surface area contributed by atoms with Crippen LogP contribution in [0.2, 0.25) is 10.0 Å². The Hall–Kier alpha value is -0.0400. The molecule has 1 saturated heterocycles. The van der Waals surface area contributed by atoms with Crippen LogP contribution in [0.3, 0.4) is 0 Å². The Morgan fingerprint density at radius 1 is 1.30 bits per heavy atom. The average molecular weight is 360 g/mol. The molecule has 1 atom stereocenters. The van der Waals surface area contributed by atoms with Crippen LogP contribution in [0.1, 0.15) is 19.3 Å². The van der Waals surface area contributed by atoms with E-state index in [1.54, 1.807) is 6.07 Å². The molecule has 2 N–H and O–H groups in total. The second-order valence-electron chi connectivity index (χ2n) is 4.53. The third kappa shape index (κ3) is 4.48. The minimum absolute atomic E-state index is 0. The minimum atomic E-state index is -3.65. The largest absolute Gasteiger partial charge is 0.314 e. The molecule has 1 aromatic rings. The van der Waals surface area contributed by atoms with Gasteiger partial charge in [-0.2, -0.15) is 0 Å². The lowest BCUT2D eigenvalue weighted by Crippen LogP contribution is -2.30. The maximum absolute atomic E-state index is 12.1. The van der Waals surface area contributed by atoms with E-state index in [0.29, 0.717) is 12.6 Å². The molecule has 0 amide bonds. The number of nitrogens with one attached hydrogen (secondary N) is 2. The molecular weight excluding hydrogens is 343 g/mol. The van der Waals surface area contributed by atoms with E-state index in [1.807, 2.05) is 0 Å². The highest BCUT2D eigenvalue weighted by Gasteiger charge is 2.22. The predicted molar refractivity (Wildman–Crippen MR) is 84.5 cm³/mol. The highest BCUT2D eigenvalue weighted by Crippen LogP contribution is 2.28. The smallest absolute Gasteiger partial charge is 0.243 e. The Labute approximate surface area is 135 Å². The summed E-state index contributed by atoms with van der Waals surface area (Å²) in [6.45, 7) is 1.38. The van der Waals surface area contributed by atoms with Gasteiger partial charge in [0.15, 0.2) is 0 Å². The van der Waals surface area contributed by atoms with Crippen molar-refractivity contribution in [3.63, 3.8) is 0 Å². The van der Waals surface area contributed by atoms with Gasteiger partial charge in [-0.15, -0.1) is 12.4 Å². The summed E-state index contributed by atoms with van der Waals surface area (Å²) in [6, 6.07) is 5.04. The molecule has 8 heteroatoms. The Balaban J connectivity index is 0.00000200. The number of sulfonamides is 1. The first-order valence-electron chi connectivity index (χ1n) is 6.18. The van der Waals surface area contributed by atoms with Crippen LogP contribution in [0.25, 0.3) is 0 Å². The molecule has 4 nitrogen and oxygen atoms in total. The van der Waals surface area contributed by atoms with Crippen LogP contribution < -0.4 is 10.0 Å². The summed E-state index contributed by atoms with van der Waals surface area (Å²) in [5.41, 5.74) is 0. The fourth-order valence-corrected chi connectivity index (χ4v) is 4.37. The molecule has 0 aromatic heterocycles. The highest BCUT2D eigenvalue weighted by molar-refractivity contribution is 7.89. The zero-order chi connectivity index (χ0) is 13.9. The Morgan fingerprint density at radius 3 is 2.50 bits per heavy atom. The van der Waals surface area contributed by atoms with E-state index in [9.17, 15) is 8.42 Å². The van der Waals surface area contributed by atoms with Crippen LogP contribution in [0.5, 0.6) is 0 Å². The van der Waals surface area contributed by atoms with Gasteiger partial charge < -0.3 is 5.32 Å². The topological polar surface area (TPSA) is 58.2 Å². The van der Waals surface area contributed by atoms with Gasteiger partial charge in [0.2, 0.25) is 10.0 Å². The maximum atomic E-state index is 12.1. The van der Waals surface area contributed by atoms with Gasteiger partial charge in [-0.1, -0.05) is 29.3 Å². The third-order valence-corrected chi connectivity index (χ3v) is 5.55. The molecule has 1 heterocycles. The van der Waals surface area contributed by atoms with E-state index in [0.717, 1.165) is 25.8 Å². The lowest BCUT2D eigenvalue weighted by molar-refractivity contribution is 0.539. The van der Waals surface area contributed by atoms with E-state index in [2.05, 4.69) is 10.0 Å². The molecule has 0 bridgehead atoms. The predicted octanol–water partition coefficient (Wildman–Crippen LogP) is 2.84. The average Bonchev–Trinajstić information content (AvgIpc) is 2.81. The molecule has 0 spiro atoms. The van der Waals surface area contributed by atoms with Crippen LogP contribution >= 0.6 is 35.6 Å². The van der Waals surface area contributed by atoms with Gasteiger partial charge in [0, 0.05) is 12.6 Å². The molecule has 2 rings (SSSR count). The second-order valence-corrected chi connectivity index (χ2v) is 7.05. The van der Waals surface area contributed by atoms with Crippen molar-refractivity contribution in [1.82, 2.24) is 10.0 Å². The quantitative estimate of drug-likeness (QED) is 0.850. The van der Waals surface area contributed by atoms with Gasteiger partial charge in [-0.05, 0) is 37.9 Å². The van der Waals surface area contributed by atoms with Gasteiger partial charge in [0.1, 0.15) is 4.90 Å². The first-order valence-corrected chi connectivity index (χ1v) is 8.41. The molecule has 1 aromatic carbocycles. The Kier molecular flexibility index (Phi) is 7.04. The lowest BCUT2D eigenvalue weighted by Gasteiger charge is -2.12. The molecule has 0 aliphatic carbocycles. The van der Waals surface area contributed by atoms with Crippen LogP contribution in [0, 0.1) is 0 Å². The van der Waals surface area contributed by atoms with E-state index in [-0.39, 0.29) is 27.3 Å².